The summed E-state index contributed by atoms with van der Waals surface area (Å²) >= 11 is 0. The van der Waals surface area contributed by atoms with Gasteiger partial charge in [-0.1, -0.05) is 27.4 Å². The van der Waals surface area contributed by atoms with Crippen LogP contribution in [0.5, 0.6) is 0 Å². The topological polar surface area (TPSA) is 54.4 Å². The van der Waals surface area contributed by atoms with Crippen molar-refractivity contribution in [3.8, 4) is 0 Å². The number of hydrogen-bond acceptors (Lipinski definition) is 2. The molecule has 1 N–H and O–H groups in total. The van der Waals surface area contributed by atoms with E-state index in [1.807, 2.05) is 0 Å². The third kappa shape index (κ3) is 2.15. The van der Waals surface area contributed by atoms with Crippen LogP contribution in [0.3, 0.4) is 0 Å². The normalized spacial score (nSPS) is 32.9. The van der Waals surface area contributed by atoms with Crippen molar-refractivity contribution in [1.82, 2.24) is 0 Å². The van der Waals surface area contributed by atoms with E-state index in [9.17, 15) is 9.59 Å². The van der Waals surface area contributed by atoms with Gasteiger partial charge in [-0.15, -0.1) is 0 Å². The summed E-state index contributed by atoms with van der Waals surface area (Å²) in [5.74, 6) is 0.258. The summed E-state index contributed by atoms with van der Waals surface area (Å²) in [5, 5.41) is 7.89. The molecule has 0 aromatic heterocycles. The quantitative estimate of drug-likeness (QED) is 0.714. The van der Waals surface area contributed by atoms with Gasteiger partial charge >= 0.3 is 5.97 Å². The van der Waals surface area contributed by atoms with Gasteiger partial charge in [-0.05, 0) is 31.1 Å². The van der Waals surface area contributed by atoms with E-state index in [4.69, 9.17) is 5.11 Å². The molecule has 0 radical (unpaired) electrons. The van der Waals surface area contributed by atoms with Crippen LogP contribution in [0.15, 0.2) is 12.2 Å². The number of carbonyl (C=O) groups is 2. The van der Waals surface area contributed by atoms with Crippen molar-refractivity contribution in [1.29, 1.82) is 0 Å². The molecule has 2 rings (SSSR count). The van der Waals surface area contributed by atoms with Crippen molar-refractivity contribution < 1.29 is 14.7 Å². The van der Waals surface area contributed by atoms with Gasteiger partial charge in [0.2, 0.25) is 0 Å². The van der Waals surface area contributed by atoms with Gasteiger partial charge in [0.25, 0.3) is 0 Å². The summed E-state index contributed by atoms with van der Waals surface area (Å²) in [4.78, 5) is 21.2. The van der Waals surface area contributed by atoms with E-state index in [0.717, 1.165) is 12.8 Å². The van der Waals surface area contributed by atoms with Crippen LogP contribution >= 0.6 is 0 Å². The van der Waals surface area contributed by atoms with E-state index in [1.54, 1.807) is 0 Å². The molecule has 2 aliphatic carbocycles. The van der Waals surface area contributed by atoms with Crippen molar-refractivity contribution in [2.75, 3.05) is 0 Å². The largest absolute Gasteiger partial charge is 0.478 e. The molecule has 2 bridgehead atoms. The average Bonchev–Trinajstić information content (AvgIpc) is 2.51. The molecule has 2 unspecified atom stereocenters. The second-order valence-electron chi connectivity index (χ2n) is 6.00. The number of hydrogen-bond donors (Lipinski definition) is 1. The highest BCUT2D eigenvalue weighted by Gasteiger charge is 2.61. The monoisotopic (exact) mass is 238 g/mol. The Kier molecular flexibility index (Phi) is 3.51. The second kappa shape index (κ2) is 4.28. The minimum Gasteiger partial charge on any atom is -0.478 e. The molecule has 0 amide bonds. The molecule has 3 heteroatoms. The predicted molar refractivity (Wildman–Crippen MR) is 66.7 cm³/mol. The van der Waals surface area contributed by atoms with E-state index >= 15 is 0 Å². The van der Waals surface area contributed by atoms with Crippen molar-refractivity contribution in [2.45, 2.75) is 47.0 Å². The lowest BCUT2D eigenvalue weighted by molar-refractivity contribution is -0.132. The van der Waals surface area contributed by atoms with Crippen LogP contribution < -0.4 is 0 Å². The number of carboxylic acid groups (broad SMARTS) is 1. The lowest BCUT2D eigenvalue weighted by atomic mass is 9.70. The van der Waals surface area contributed by atoms with Crippen molar-refractivity contribution in [3.05, 3.63) is 12.2 Å². The van der Waals surface area contributed by atoms with Gasteiger partial charge in [-0.25, -0.2) is 4.79 Å². The van der Waals surface area contributed by atoms with Crippen molar-refractivity contribution in [3.63, 3.8) is 0 Å². The first-order valence-corrected chi connectivity index (χ1v) is 6.05. The van der Waals surface area contributed by atoms with E-state index in [-0.39, 0.29) is 16.4 Å². The van der Waals surface area contributed by atoms with E-state index in [1.165, 1.54) is 13.3 Å². The van der Waals surface area contributed by atoms with Gasteiger partial charge < -0.3 is 5.11 Å². The fourth-order valence-corrected chi connectivity index (χ4v) is 2.90. The number of carboxylic acids is 1. The van der Waals surface area contributed by atoms with Crippen molar-refractivity contribution >= 4 is 11.8 Å². The minimum atomic E-state index is -0.935. The molecule has 2 saturated carbocycles. The maximum atomic E-state index is 11.6. The van der Waals surface area contributed by atoms with E-state index < -0.39 is 5.97 Å². The Hall–Kier alpha value is -1.12. The fraction of sp³-hybridized carbons (Fsp3) is 0.714. The van der Waals surface area contributed by atoms with E-state index in [0.29, 0.717) is 11.7 Å². The molecule has 0 aromatic rings. The Bertz CT molecular complexity index is 356. The first-order chi connectivity index (χ1) is 7.63. The molecule has 2 fully saturated rings. The molecular formula is C14H22O3. The molecule has 0 heterocycles. The number of fused-ring (bicyclic) bond motifs is 2. The van der Waals surface area contributed by atoms with Crippen LogP contribution in [0.2, 0.25) is 0 Å². The standard InChI is InChI=1S/C10H16O.C4H6O2/c1-9(2)7-4-5-10(9,3)8(11)6-7;1-3(2)4(5)6/h7H,4-6H2,1-3H3;1H2,2H3,(H,5,6). The third-order valence-electron chi connectivity index (χ3n) is 4.85. The first kappa shape index (κ1) is 13.9. The van der Waals surface area contributed by atoms with Gasteiger partial charge in [-0.3, -0.25) is 4.79 Å². The molecular weight excluding hydrogens is 216 g/mol. The smallest absolute Gasteiger partial charge is 0.330 e. The highest BCUT2D eigenvalue weighted by atomic mass is 16.4. The molecule has 17 heavy (non-hydrogen) atoms. The SMILES string of the molecule is C=C(C)C(=O)O.CC12CCC(CC1=O)C2(C)C. The number of ketones is 1. The lowest BCUT2D eigenvalue weighted by Crippen LogP contribution is -2.32. The van der Waals surface area contributed by atoms with E-state index in [2.05, 4.69) is 27.4 Å². The zero-order valence-electron chi connectivity index (χ0n) is 11.2. The lowest BCUT2D eigenvalue weighted by Gasteiger charge is -2.32. The summed E-state index contributed by atoms with van der Waals surface area (Å²) in [6.45, 7) is 11.3. The van der Waals surface area contributed by atoms with Crippen LogP contribution in [0.1, 0.15) is 47.0 Å². The highest BCUT2D eigenvalue weighted by molar-refractivity contribution is 5.89. The molecule has 0 spiro atoms. The predicted octanol–water partition coefficient (Wildman–Crippen LogP) is 3.05. The zero-order valence-corrected chi connectivity index (χ0v) is 11.2. The Morgan fingerprint density at radius 1 is 1.41 bits per heavy atom. The van der Waals surface area contributed by atoms with Gasteiger partial charge in [0.1, 0.15) is 5.78 Å². The Morgan fingerprint density at radius 2 is 1.88 bits per heavy atom. The minimum absolute atomic E-state index is 0.0255. The second-order valence-corrected chi connectivity index (χ2v) is 6.00. The van der Waals surface area contributed by atoms with Crippen LogP contribution in [0.25, 0.3) is 0 Å². The molecule has 2 atom stereocenters. The molecule has 0 aliphatic heterocycles. The van der Waals surface area contributed by atoms with Crippen molar-refractivity contribution in [2.24, 2.45) is 16.7 Å². The number of rotatable bonds is 1. The van der Waals surface area contributed by atoms with Crippen LogP contribution in [0, 0.1) is 16.7 Å². The van der Waals surface area contributed by atoms with Crippen LogP contribution in [-0.4, -0.2) is 16.9 Å². The number of aliphatic carboxylic acids is 1. The number of Topliss-reactive ketones (excluding diaryl/α,β-unsaturated/α-hetero) is 1. The summed E-state index contributed by atoms with van der Waals surface area (Å²) in [7, 11) is 0. The molecule has 2 aliphatic rings. The number of carbonyl (C=O) groups excluding carboxylic acids is 1. The third-order valence-corrected chi connectivity index (χ3v) is 4.85. The zero-order chi connectivity index (χ0) is 13.4. The molecule has 96 valence electrons. The summed E-state index contributed by atoms with van der Waals surface area (Å²) < 4.78 is 0. The van der Waals surface area contributed by atoms with Gasteiger partial charge in [0.05, 0.1) is 0 Å². The van der Waals surface area contributed by atoms with Gasteiger partial charge in [-0.2, -0.15) is 0 Å². The van der Waals surface area contributed by atoms with Crippen LogP contribution in [-0.2, 0) is 9.59 Å². The molecule has 3 nitrogen and oxygen atoms in total. The highest BCUT2D eigenvalue weighted by Crippen LogP contribution is 2.63. The molecule has 0 aromatic carbocycles. The Balaban J connectivity index is 0.000000209. The fourth-order valence-electron chi connectivity index (χ4n) is 2.90. The summed E-state index contributed by atoms with van der Waals surface area (Å²) in [6, 6.07) is 0. The average molecular weight is 238 g/mol. The van der Waals surface area contributed by atoms with Crippen LogP contribution in [0.4, 0.5) is 0 Å². The maximum Gasteiger partial charge on any atom is 0.330 e. The van der Waals surface area contributed by atoms with Gasteiger partial charge in [0, 0.05) is 17.4 Å². The summed E-state index contributed by atoms with van der Waals surface area (Å²) in [6.07, 6.45) is 3.25. The summed E-state index contributed by atoms with van der Waals surface area (Å²) in [5.41, 5.74) is 0.483. The molecule has 0 saturated heterocycles. The Morgan fingerprint density at radius 3 is 2.00 bits per heavy atom. The van der Waals surface area contributed by atoms with Gasteiger partial charge in [0.15, 0.2) is 0 Å². The first-order valence-electron chi connectivity index (χ1n) is 6.05. The Labute approximate surface area is 103 Å². The maximum absolute atomic E-state index is 11.6.